The smallest absolute Gasteiger partial charge is 0.387 e. The van der Waals surface area contributed by atoms with Gasteiger partial charge in [0.1, 0.15) is 23.9 Å². The van der Waals surface area contributed by atoms with Crippen LogP contribution in [0.5, 0.6) is 11.5 Å². The molecule has 0 atom stereocenters. The van der Waals surface area contributed by atoms with E-state index in [0.29, 0.717) is 21.1 Å². The second-order valence-corrected chi connectivity index (χ2v) is 7.81. The molecule has 1 N–H and O–H groups in total. The van der Waals surface area contributed by atoms with Gasteiger partial charge >= 0.3 is 6.61 Å². The van der Waals surface area contributed by atoms with Crippen molar-refractivity contribution in [2.75, 3.05) is 5.32 Å². The van der Waals surface area contributed by atoms with Crippen LogP contribution < -0.4 is 14.8 Å². The molecule has 0 fully saturated rings. The fourth-order valence-corrected chi connectivity index (χ4v) is 3.72. The van der Waals surface area contributed by atoms with Crippen molar-refractivity contribution in [3.05, 3.63) is 71.2 Å². The number of rotatable bonds is 7. The van der Waals surface area contributed by atoms with Gasteiger partial charge in [-0.2, -0.15) is 8.78 Å². The highest BCUT2D eigenvalue weighted by molar-refractivity contribution is 7.22. The third-order valence-electron chi connectivity index (χ3n) is 4.55. The third-order valence-corrected chi connectivity index (χ3v) is 5.48. The van der Waals surface area contributed by atoms with Gasteiger partial charge in [0, 0.05) is 0 Å². The molecule has 2 heterocycles. The van der Waals surface area contributed by atoms with E-state index in [4.69, 9.17) is 9.15 Å². The van der Waals surface area contributed by atoms with Crippen molar-refractivity contribution >= 4 is 32.6 Å². The average Bonchev–Trinajstić information content (AvgIpc) is 3.34. The number of ether oxygens (including phenoxy) is 2. The molecule has 0 aliphatic heterocycles. The molecule has 1 amide bonds. The summed E-state index contributed by atoms with van der Waals surface area (Å²) in [7, 11) is 0. The molecule has 31 heavy (non-hydrogen) atoms. The molecule has 6 nitrogen and oxygen atoms in total. The number of alkyl halides is 2. The summed E-state index contributed by atoms with van der Waals surface area (Å²) in [5, 5.41) is 2.97. The fraction of sp³-hybridized carbons (Fsp3) is 0.182. The van der Waals surface area contributed by atoms with Crippen LogP contribution in [0.25, 0.3) is 10.2 Å². The summed E-state index contributed by atoms with van der Waals surface area (Å²) in [6.07, 6.45) is 0. The average molecular weight is 444 g/mol. The first-order valence-electron chi connectivity index (χ1n) is 9.33. The molecule has 9 heteroatoms. The van der Waals surface area contributed by atoms with Crippen LogP contribution in [0.2, 0.25) is 0 Å². The number of hydrogen-bond donors (Lipinski definition) is 1. The molecule has 4 aromatic rings. The van der Waals surface area contributed by atoms with Crippen LogP contribution in [0.1, 0.15) is 27.4 Å². The number of aromatic nitrogens is 1. The first-order chi connectivity index (χ1) is 14.9. The van der Waals surface area contributed by atoms with Crippen LogP contribution >= 0.6 is 11.3 Å². The SMILES string of the molecule is Cc1ccc(OCc2ccc(C(=O)Nc3nc4ccc(OC(F)F)cc4s3)o2)cc1C. The summed E-state index contributed by atoms with van der Waals surface area (Å²) < 4.78 is 41.0. The highest BCUT2D eigenvalue weighted by atomic mass is 32.1. The minimum absolute atomic E-state index is 0.0310. The van der Waals surface area contributed by atoms with E-state index in [1.807, 2.05) is 32.0 Å². The van der Waals surface area contributed by atoms with Crippen molar-refractivity contribution in [2.45, 2.75) is 27.1 Å². The predicted octanol–water partition coefficient (Wildman–Crippen LogP) is 5.94. The summed E-state index contributed by atoms with van der Waals surface area (Å²) in [6.45, 7) is 1.31. The summed E-state index contributed by atoms with van der Waals surface area (Å²) >= 11 is 1.14. The van der Waals surface area contributed by atoms with Gasteiger partial charge in [-0.1, -0.05) is 17.4 Å². The highest BCUT2D eigenvalue weighted by Crippen LogP contribution is 2.30. The van der Waals surface area contributed by atoms with Crippen molar-refractivity contribution in [1.82, 2.24) is 4.98 Å². The van der Waals surface area contributed by atoms with Gasteiger partial charge in [-0.3, -0.25) is 10.1 Å². The Balaban J connectivity index is 1.39. The standard InChI is InChI=1S/C22H18F2N2O4S/c1-12-3-4-14(9-13(12)2)28-11-16-6-8-18(29-16)20(27)26-22-25-17-7-5-15(30-21(23)24)10-19(17)31-22/h3-10,21H,11H2,1-2H3,(H,25,26,27). The lowest BCUT2D eigenvalue weighted by molar-refractivity contribution is -0.0497. The number of carbonyl (C=O) groups excluding carboxylic acids is 1. The number of nitrogens with zero attached hydrogens (tertiary/aromatic N) is 1. The predicted molar refractivity (Wildman–Crippen MR) is 113 cm³/mol. The molecular weight excluding hydrogens is 426 g/mol. The molecule has 0 radical (unpaired) electrons. The van der Waals surface area contributed by atoms with Crippen LogP contribution in [-0.4, -0.2) is 17.5 Å². The largest absolute Gasteiger partial charge is 0.486 e. The van der Waals surface area contributed by atoms with Crippen LogP contribution in [0.4, 0.5) is 13.9 Å². The summed E-state index contributed by atoms with van der Waals surface area (Å²) in [6, 6.07) is 13.4. The van der Waals surface area contributed by atoms with E-state index in [0.717, 1.165) is 22.6 Å². The Morgan fingerprint density at radius 1 is 1.10 bits per heavy atom. The number of nitrogens with one attached hydrogen (secondary N) is 1. The lowest BCUT2D eigenvalue weighted by Crippen LogP contribution is -2.10. The number of halogens is 2. The van der Waals surface area contributed by atoms with Crippen LogP contribution in [0, 0.1) is 13.8 Å². The second kappa shape index (κ2) is 8.73. The second-order valence-electron chi connectivity index (χ2n) is 6.78. The van der Waals surface area contributed by atoms with E-state index in [9.17, 15) is 13.6 Å². The Kier molecular flexibility index (Phi) is 5.85. The zero-order chi connectivity index (χ0) is 22.0. The molecular formula is C22H18F2N2O4S. The Morgan fingerprint density at radius 3 is 2.68 bits per heavy atom. The summed E-state index contributed by atoms with van der Waals surface area (Å²) in [5.41, 5.74) is 2.86. The summed E-state index contributed by atoms with van der Waals surface area (Å²) in [4.78, 5) is 16.7. The van der Waals surface area contributed by atoms with Crippen molar-refractivity contribution in [3.8, 4) is 11.5 Å². The number of thiazole rings is 1. The maximum Gasteiger partial charge on any atom is 0.387 e. The number of furan rings is 1. The van der Waals surface area contributed by atoms with Gasteiger partial charge in [-0.05, 0) is 67.4 Å². The first-order valence-corrected chi connectivity index (χ1v) is 10.1. The van der Waals surface area contributed by atoms with E-state index in [2.05, 4.69) is 15.0 Å². The quantitative estimate of drug-likeness (QED) is 0.382. The topological polar surface area (TPSA) is 73.6 Å². The number of fused-ring (bicyclic) bond motifs is 1. The van der Waals surface area contributed by atoms with Crippen LogP contribution in [0.15, 0.2) is 52.9 Å². The molecule has 0 unspecified atom stereocenters. The van der Waals surface area contributed by atoms with Gasteiger partial charge in [0.05, 0.1) is 10.2 Å². The first kappa shape index (κ1) is 20.8. The van der Waals surface area contributed by atoms with Gasteiger partial charge < -0.3 is 13.9 Å². The molecule has 0 bridgehead atoms. The Morgan fingerprint density at radius 2 is 1.90 bits per heavy atom. The van der Waals surface area contributed by atoms with E-state index >= 15 is 0 Å². The van der Waals surface area contributed by atoms with Gasteiger partial charge in [0.25, 0.3) is 5.91 Å². The molecule has 0 spiro atoms. The zero-order valence-corrected chi connectivity index (χ0v) is 17.5. The molecule has 0 aliphatic rings. The van der Waals surface area contributed by atoms with Crippen molar-refractivity contribution in [3.63, 3.8) is 0 Å². The monoisotopic (exact) mass is 444 g/mol. The molecule has 4 rings (SSSR count). The fourth-order valence-electron chi connectivity index (χ4n) is 2.83. The van der Waals surface area contributed by atoms with Crippen molar-refractivity contribution < 1.29 is 27.5 Å². The molecule has 160 valence electrons. The lowest BCUT2D eigenvalue weighted by atomic mass is 10.1. The zero-order valence-electron chi connectivity index (χ0n) is 16.6. The van der Waals surface area contributed by atoms with E-state index in [1.165, 1.54) is 17.7 Å². The van der Waals surface area contributed by atoms with E-state index in [-0.39, 0.29) is 18.1 Å². The number of amides is 1. The van der Waals surface area contributed by atoms with Crippen LogP contribution in [0.3, 0.4) is 0 Å². The van der Waals surface area contributed by atoms with Crippen molar-refractivity contribution in [2.24, 2.45) is 0 Å². The van der Waals surface area contributed by atoms with Gasteiger partial charge in [0.2, 0.25) is 0 Å². The molecule has 2 aromatic heterocycles. The minimum Gasteiger partial charge on any atom is -0.486 e. The van der Waals surface area contributed by atoms with Crippen molar-refractivity contribution in [1.29, 1.82) is 0 Å². The van der Waals surface area contributed by atoms with Gasteiger partial charge in [-0.15, -0.1) is 0 Å². The molecule has 0 aliphatic carbocycles. The molecule has 0 saturated heterocycles. The van der Waals surface area contributed by atoms with Gasteiger partial charge in [0.15, 0.2) is 10.9 Å². The van der Waals surface area contributed by atoms with E-state index < -0.39 is 12.5 Å². The Labute approximate surface area is 180 Å². The maximum atomic E-state index is 12.5. The number of carbonyl (C=O) groups is 1. The maximum absolute atomic E-state index is 12.5. The summed E-state index contributed by atoms with van der Waals surface area (Å²) in [5.74, 6) is 0.889. The number of hydrogen-bond acceptors (Lipinski definition) is 6. The lowest BCUT2D eigenvalue weighted by Gasteiger charge is -2.06. The van der Waals surface area contributed by atoms with Gasteiger partial charge in [-0.25, -0.2) is 4.98 Å². The van der Waals surface area contributed by atoms with Crippen LogP contribution in [-0.2, 0) is 6.61 Å². The highest BCUT2D eigenvalue weighted by Gasteiger charge is 2.15. The molecule has 2 aromatic carbocycles. The Hall–Kier alpha value is -3.46. The normalized spacial score (nSPS) is 11.1. The number of benzene rings is 2. The Bertz CT molecular complexity index is 1240. The third kappa shape index (κ3) is 5.00. The minimum atomic E-state index is -2.91. The molecule has 0 saturated carbocycles. The number of aryl methyl sites for hydroxylation is 2. The van der Waals surface area contributed by atoms with E-state index in [1.54, 1.807) is 18.2 Å². The number of anilines is 1.